The first-order chi connectivity index (χ1) is 15.1. The van der Waals surface area contributed by atoms with E-state index < -0.39 is 27.0 Å². The predicted octanol–water partition coefficient (Wildman–Crippen LogP) is 3.86. The van der Waals surface area contributed by atoms with Gasteiger partial charge in [0.2, 0.25) is 5.44 Å². The zero-order chi connectivity index (χ0) is 23.4. The van der Waals surface area contributed by atoms with Crippen LogP contribution in [0.15, 0.2) is 48.5 Å². The van der Waals surface area contributed by atoms with Crippen molar-refractivity contribution in [3.8, 4) is 11.5 Å². The summed E-state index contributed by atoms with van der Waals surface area (Å²) in [5, 5.41) is 9.25. The Morgan fingerprint density at radius 1 is 1.19 bits per heavy atom. The average molecular weight is 462 g/mol. The fourth-order valence-electron chi connectivity index (χ4n) is 3.66. The molecule has 0 bridgehead atoms. The largest absolute Gasteiger partial charge is 0.478 e. The van der Waals surface area contributed by atoms with Crippen LogP contribution in [0.4, 0.5) is 0 Å². The van der Waals surface area contributed by atoms with Gasteiger partial charge in [-0.25, -0.2) is 13.2 Å². The summed E-state index contributed by atoms with van der Waals surface area (Å²) in [4.78, 5) is 11.3. The molecule has 0 spiro atoms. The first-order valence-electron chi connectivity index (χ1n) is 10.9. The van der Waals surface area contributed by atoms with E-state index in [1.165, 1.54) is 18.2 Å². The number of nitrogens with zero attached hydrogens (tertiary/aromatic N) is 1. The second-order valence-corrected chi connectivity index (χ2v) is 10.5. The summed E-state index contributed by atoms with van der Waals surface area (Å²) in [5.41, 5.74) is -0.342. The zero-order valence-electron chi connectivity index (χ0n) is 18.8. The third-order valence-corrected chi connectivity index (χ3v) is 7.45. The molecule has 1 aliphatic heterocycles. The third kappa shape index (κ3) is 5.61. The van der Waals surface area contributed by atoms with Gasteiger partial charge >= 0.3 is 5.97 Å². The van der Waals surface area contributed by atoms with Crippen molar-refractivity contribution in [2.45, 2.75) is 57.5 Å². The molecule has 0 amide bonds. The third-order valence-electron chi connectivity index (χ3n) is 5.44. The van der Waals surface area contributed by atoms with Gasteiger partial charge in [0.25, 0.3) is 10.0 Å². The van der Waals surface area contributed by atoms with Crippen molar-refractivity contribution in [1.82, 2.24) is 4.31 Å². The second-order valence-electron chi connectivity index (χ2n) is 8.47. The maximum absolute atomic E-state index is 13.2. The molecule has 32 heavy (non-hydrogen) atoms. The molecule has 1 atom stereocenters. The molecule has 0 saturated carbocycles. The molecule has 8 heteroatoms. The molecule has 1 aliphatic rings. The van der Waals surface area contributed by atoms with Crippen LogP contribution in [0.3, 0.4) is 0 Å². The van der Waals surface area contributed by atoms with Crippen molar-refractivity contribution in [3.63, 3.8) is 0 Å². The molecule has 7 nitrogen and oxygen atoms in total. The number of para-hydroxylation sites is 1. The number of aryl methyl sites for hydroxylation is 1. The summed E-state index contributed by atoms with van der Waals surface area (Å²) in [6.45, 7) is 5.78. The molecule has 1 N–H and O–H groups in total. The Hall–Kier alpha value is -2.58. The number of rotatable bonds is 11. The first kappa shape index (κ1) is 24.1. The van der Waals surface area contributed by atoms with Crippen LogP contribution in [0.1, 0.15) is 44.7 Å². The molecule has 174 valence electrons. The summed E-state index contributed by atoms with van der Waals surface area (Å²) in [5.74, 6) is 0.0725. The number of aliphatic carboxylic acids is 1. The summed E-state index contributed by atoms with van der Waals surface area (Å²) in [7, 11) is -3.61. The average Bonchev–Trinajstić information content (AvgIpc) is 3.18. The Morgan fingerprint density at radius 3 is 2.62 bits per heavy atom. The molecule has 0 fully saturated rings. The van der Waals surface area contributed by atoms with Crippen LogP contribution in [0.5, 0.6) is 11.5 Å². The molecule has 1 heterocycles. The number of hydrogen-bond donors (Lipinski definition) is 1. The van der Waals surface area contributed by atoms with E-state index in [4.69, 9.17) is 9.47 Å². The van der Waals surface area contributed by atoms with Crippen LogP contribution in [0.25, 0.3) is 0 Å². The van der Waals surface area contributed by atoms with Crippen molar-refractivity contribution in [2.75, 3.05) is 13.1 Å². The minimum atomic E-state index is -3.61. The van der Waals surface area contributed by atoms with E-state index in [1.54, 1.807) is 18.2 Å². The SMILES string of the molecule is CCCN(CCCc1cccc(OC(C)(C)C(=O)O)c1)S(=O)(=O)C1Cc2ccccc2O1. The van der Waals surface area contributed by atoms with Crippen molar-refractivity contribution >= 4 is 16.0 Å². The van der Waals surface area contributed by atoms with E-state index in [-0.39, 0.29) is 0 Å². The van der Waals surface area contributed by atoms with Gasteiger partial charge in [0.05, 0.1) is 0 Å². The number of fused-ring (bicyclic) bond motifs is 1. The minimum absolute atomic E-state index is 0.359. The molecule has 2 aromatic rings. The van der Waals surface area contributed by atoms with E-state index >= 15 is 0 Å². The highest BCUT2D eigenvalue weighted by Crippen LogP contribution is 2.32. The zero-order valence-corrected chi connectivity index (χ0v) is 19.6. The maximum Gasteiger partial charge on any atom is 0.347 e. The Kier molecular flexibility index (Phi) is 7.46. The fourth-order valence-corrected chi connectivity index (χ4v) is 5.43. The van der Waals surface area contributed by atoms with Gasteiger partial charge in [0.15, 0.2) is 5.60 Å². The van der Waals surface area contributed by atoms with Crippen LogP contribution < -0.4 is 9.47 Å². The minimum Gasteiger partial charge on any atom is -0.478 e. The van der Waals surface area contributed by atoms with E-state index in [2.05, 4.69) is 0 Å². The van der Waals surface area contributed by atoms with Gasteiger partial charge in [0.1, 0.15) is 11.5 Å². The quantitative estimate of drug-likeness (QED) is 0.546. The van der Waals surface area contributed by atoms with Crippen molar-refractivity contribution in [3.05, 3.63) is 59.7 Å². The van der Waals surface area contributed by atoms with E-state index in [0.29, 0.717) is 50.3 Å². The van der Waals surface area contributed by atoms with E-state index in [0.717, 1.165) is 11.1 Å². The Labute approximate surface area is 190 Å². The summed E-state index contributed by atoms with van der Waals surface area (Å²) in [6, 6.07) is 14.7. The molecule has 3 rings (SSSR count). The van der Waals surface area contributed by atoms with Gasteiger partial charge in [-0.3, -0.25) is 0 Å². The number of benzene rings is 2. The second kappa shape index (κ2) is 9.92. The summed E-state index contributed by atoms with van der Waals surface area (Å²) >= 11 is 0. The fraction of sp³-hybridized carbons (Fsp3) is 0.458. The van der Waals surface area contributed by atoms with Crippen molar-refractivity contribution < 1.29 is 27.8 Å². The number of sulfonamides is 1. The van der Waals surface area contributed by atoms with E-state index in [9.17, 15) is 18.3 Å². The van der Waals surface area contributed by atoms with Gasteiger partial charge in [-0.05, 0) is 62.4 Å². The number of hydrogen-bond acceptors (Lipinski definition) is 5. The van der Waals surface area contributed by atoms with Crippen LogP contribution in [0.2, 0.25) is 0 Å². The highest BCUT2D eigenvalue weighted by Gasteiger charge is 2.37. The van der Waals surface area contributed by atoms with Crippen LogP contribution in [0, 0.1) is 0 Å². The highest BCUT2D eigenvalue weighted by atomic mass is 32.2. The lowest BCUT2D eigenvalue weighted by molar-refractivity contribution is -0.152. The summed E-state index contributed by atoms with van der Waals surface area (Å²) < 4.78 is 39.3. The standard InChI is InChI=1S/C24H31NO6S/c1-4-14-25(32(28,29)22-17-19-11-5-6-13-21(19)30-22)15-8-10-18-9-7-12-20(16-18)31-24(2,3)23(26)27/h5-7,9,11-13,16,22H,4,8,10,14-15,17H2,1-3H3,(H,26,27). The maximum atomic E-state index is 13.2. The smallest absolute Gasteiger partial charge is 0.347 e. The molecular formula is C24H31NO6S. The van der Waals surface area contributed by atoms with Gasteiger partial charge < -0.3 is 14.6 Å². The van der Waals surface area contributed by atoms with Crippen molar-refractivity contribution in [2.24, 2.45) is 0 Å². The highest BCUT2D eigenvalue weighted by molar-refractivity contribution is 7.89. The number of carboxylic acid groups (broad SMARTS) is 1. The Bertz CT molecular complexity index is 1020. The Morgan fingerprint density at radius 2 is 1.94 bits per heavy atom. The first-order valence-corrected chi connectivity index (χ1v) is 12.4. The number of carbonyl (C=O) groups is 1. The molecule has 2 aromatic carbocycles. The van der Waals surface area contributed by atoms with Gasteiger partial charge in [-0.2, -0.15) is 4.31 Å². The topological polar surface area (TPSA) is 93.1 Å². The van der Waals surface area contributed by atoms with E-state index in [1.807, 2.05) is 37.3 Å². The molecule has 0 aliphatic carbocycles. The number of carboxylic acids is 1. The predicted molar refractivity (Wildman–Crippen MR) is 122 cm³/mol. The monoisotopic (exact) mass is 461 g/mol. The van der Waals surface area contributed by atoms with Gasteiger partial charge in [0, 0.05) is 19.5 Å². The van der Waals surface area contributed by atoms with Gasteiger partial charge in [-0.15, -0.1) is 0 Å². The lowest BCUT2D eigenvalue weighted by atomic mass is 10.1. The van der Waals surface area contributed by atoms with Crippen LogP contribution in [-0.2, 0) is 27.7 Å². The van der Waals surface area contributed by atoms with Crippen LogP contribution >= 0.6 is 0 Å². The lowest BCUT2D eigenvalue weighted by Crippen LogP contribution is -2.42. The van der Waals surface area contributed by atoms with Crippen molar-refractivity contribution in [1.29, 1.82) is 0 Å². The number of ether oxygens (including phenoxy) is 2. The normalized spacial score (nSPS) is 15.9. The van der Waals surface area contributed by atoms with Gasteiger partial charge in [-0.1, -0.05) is 37.3 Å². The van der Waals surface area contributed by atoms with Crippen LogP contribution in [-0.4, -0.2) is 47.9 Å². The molecule has 0 saturated heterocycles. The lowest BCUT2D eigenvalue weighted by Gasteiger charge is -2.25. The Balaban J connectivity index is 1.62. The molecular weight excluding hydrogens is 430 g/mol. The molecule has 1 unspecified atom stereocenters. The molecule has 0 aromatic heterocycles. The molecule has 0 radical (unpaired) electrons. The summed E-state index contributed by atoms with van der Waals surface area (Å²) in [6.07, 6.45) is 2.35.